The summed E-state index contributed by atoms with van der Waals surface area (Å²) in [6, 6.07) is 0. The van der Waals surface area contributed by atoms with E-state index in [2.05, 4.69) is 35.9 Å². The Labute approximate surface area is 113 Å². The SMILES string of the molecule is CC1CCN(CCC(C)(C)N2CCNCC2)CC1. The maximum Gasteiger partial charge on any atom is 0.0166 e. The van der Waals surface area contributed by atoms with Gasteiger partial charge in [-0.25, -0.2) is 0 Å². The zero-order valence-corrected chi connectivity index (χ0v) is 12.5. The van der Waals surface area contributed by atoms with Gasteiger partial charge in [-0.05, 0) is 58.7 Å². The van der Waals surface area contributed by atoms with E-state index in [1.54, 1.807) is 0 Å². The van der Waals surface area contributed by atoms with Crippen molar-refractivity contribution in [2.45, 2.75) is 45.6 Å². The first-order chi connectivity index (χ1) is 8.58. The molecular weight excluding hydrogens is 222 g/mol. The van der Waals surface area contributed by atoms with Gasteiger partial charge in [0, 0.05) is 31.7 Å². The highest BCUT2D eigenvalue weighted by Gasteiger charge is 2.28. The van der Waals surface area contributed by atoms with Crippen molar-refractivity contribution in [3.8, 4) is 0 Å². The summed E-state index contributed by atoms with van der Waals surface area (Å²) < 4.78 is 0. The molecule has 3 heteroatoms. The molecule has 0 bridgehead atoms. The molecule has 0 unspecified atom stereocenters. The average molecular weight is 253 g/mol. The van der Waals surface area contributed by atoms with Gasteiger partial charge in [0.1, 0.15) is 0 Å². The molecule has 2 fully saturated rings. The van der Waals surface area contributed by atoms with E-state index in [9.17, 15) is 0 Å². The maximum atomic E-state index is 3.45. The summed E-state index contributed by atoms with van der Waals surface area (Å²) in [5, 5.41) is 3.45. The Morgan fingerprint density at radius 2 is 1.67 bits per heavy atom. The third-order valence-corrected chi connectivity index (χ3v) is 4.89. The molecule has 3 nitrogen and oxygen atoms in total. The highest BCUT2D eigenvalue weighted by Crippen LogP contribution is 2.22. The predicted molar refractivity (Wildman–Crippen MR) is 78.0 cm³/mol. The third-order valence-electron chi connectivity index (χ3n) is 4.89. The molecule has 1 N–H and O–H groups in total. The van der Waals surface area contributed by atoms with Crippen molar-refractivity contribution in [3.63, 3.8) is 0 Å². The Balaban J connectivity index is 1.73. The van der Waals surface area contributed by atoms with E-state index in [0.717, 1.165) is 19.0 Å². The summed E-state index contributed by atoms with van der Waals surface area (Å²) in [7, 11) is 0. The van der Waals surface area contributed by atoms with Crippen LogP contribution in [0.2, 0.25) is 0 Å². The van der Waals surface area contributed by atoms with Crippen LogP contribution in [0, 0.1) is 5.92 Å². The summed E-state index contributed by atoms with van der Waals surface area (Å²) in [6.07, 6.45) is 4.10. The summed E-state index contributed by atoms with van der Waals surface area (Å²) in [6.45, 7) is 15.9. The van der Waals surface area contributed by atoms with Crippen molar-refractivity contribution < 1.29 is 0 Å². The predicted octanol–water partition coefficient (Wildman–Crippen LogP) is 1.79. The lowest BCUT2D eigenvalue weighted by Crippen LogP contribution is -2.54. The Morgan fingerprint density at radius 1 is 1.06 bits per heavy atom. The lowest BCUT2D eigenvalue weighted by Gasteiger charge is -2.42. The van der Waals surface area contributed by atoms with Gasteiger partial charge in [-0.2, -0.15) is 0 Å². The van der Waals surface area contributed by atoms with E-state index < -0.39 is 0 Å². The smallest absolute Gasteiger partial charge is 0.0166 e. The second kappa shape index (κ2) is 6.36. The molecule has 2 aliphatic heterocycles. The first-order valence-electron chi connectivity index (χ1n) is 7.76. The van der Waals surface area contributed by atoms with Gasteiger partial charge in [0.25, 0.3) is 0 Å². The minimum absolute atomic E-state index is 0.366. The lowest BCUT2D eigenvalue weighted by atomic mass is 9.95. The summed E-state index contributed by atoms with van der Waals surface area (Å²) in [5.74, 6) is 0.947. The molecule has 0 radical (unpaired) electrons. The molecule has 0 spiro atoms. The number of hydrogen-bond acceptors (Lipinski definition) is 3. The summed E-state index contributed by atoms with van der Waals surface area (Å²) >= 11 is 0. The van der Waals surface area contributed by atoms with Crippen LogP contribution in [0.4, 0.5) is 0 Å². The first kappa shape index (κ1) is 14.3. The molecule has 106 valence electrons. The molecule has 2 rings (SSSR count). The van der Waals surface area contributed by atoms with Crippen LogP contribution in [0.5, 0.6) is 0 Å². The van der Waals surface area contributed by atoms with Crippen LogP contribution in [0.25, 0.3) is 0 Å². The van der Waals surface area contributed by atoms with Crippen molar-refractivity contribution >= 4 is 0 Å². The largest absolute Gasteiger partial charge is 0.314 e. The molecule has 2 saturated heterocycles. The lowest BCUT2D eigenvalue weighted by molar-refractivity contribution is 0.0771. The number of likely N-dealkylation sites (tertiary alicyclic amines) is 1. The average Bonchev–Trinajstić information content (AvgIpc) is 2.39. The molecule has 0 aromatic rings. The van der Waals surface area contributed by atoms with Crippen LogP contribution in [-0.2, 0) is 0 Å². The highest BCUT2D eigenvalue weighted by molar-refractivity contribution is 4.86. The van der Waals surface area contributed by atoms with Gasteiger partial charge in [-0.15, -0.1) is 0 Å². The number of hydrogen-bond donors (Lipinski definition) is 1. The second-order valence-electron chi connectivity index (χ2n) is 6.82. The van der Waals surface area contributed by atoms with E-state index in [1.165, 1.54) is 52.0 Å². The molecule has 0 aromatic heterocycles. The van der Waals surface area contributed by atoms with Gasteiger partial charge in [0.15, 0.2) is 0 Å². The minimum Gasteiger partial charge on any atom is -0.314 e. The molecule has 0 aromatic carbocycles. The fraction of sp³-hybridized carbons (Fsp3) is 1.00. The Kier molecular flexibility index (Phi) is 5.05. The Bertz CT molecular complexity index is 238. The zero-order valence-electron chi connectivity index (χ0n) is 12.5. The van der Waals surface area contributed by atoms with Crippen LogP contribution in [0.15, 0.2) is 0 Å². The molecule has 2 heterocycles. The number of nitrogens with zero attached hydrogens (tertiary/aromatic N) is 2. The molecular formula is C15H31N3. The van der Waals surface area contributed by atoms with E-state index in [1.807, 2.05) is 0 Å². The molecule has 0 amide bonds. The zero-order chi connectivity index (χ0) is 13.0. The fourth-order valence-corrected chi connectivity index (χ4v) is 3.15. The quantitative estimate of drug-likeness (QED) is 0.824. The summed E-state index contributed by atoms with van der Waals surface area (Å²) in [5.41, 5.74) is 0.366. The van der Waals surface area contributed by atoms with Crippen LogP contribution >= 0.6 is 0 Å². The van der Waals surface area contributed by atoms with Crippen LogP contribution in [-0.4, -0.2) is 61.2 Å². The van der Waals surface area contributed by atoms with E-state index >= 15 is 0 Å². The number of rotatable bonds is 4. The minimum atomic E-state index is 0.366. The van der Waals surface area contributed by atoms with Crippen molar-refractivity contribution in [2.24, 2.45) is 5.92 Å². The van der Waals surface area contributed by atoms with E-state index in [4.69, 9.17) is 0 Å². The molecule has 0 atom stereocenters. The first-order valence-corrected chi connectivity index (χ1v) is 7.76. The van der Waals surface area contributed by atoms with Gasteiger partial charge in [0.2, 0.25) is 0 Å². The summed E-state index contributed by atoms with van der Waals surface area (Å²) in [4.78, 5) is 5.33. The molecule has 0 saturated carbocycles. The van der Waals surface area contributed by atoms with Gasteiger partial charge >= 0.3 is 0 Å². The number of piperidine rings is 1. The van der Waals surface area contributed by atoms with E-state index in [0.29, 0.717) is 5.54 Å². The topological polar surface area (TPSA) is 18.5 Å². The van der Waals surface area contributed by atoms with Crippen molar-refractivity contribution in [2.75, 3.05) is 45.8 Å². The van der Waals surface area contributed by atoms with E-state index in [-0.39, 0.29) is 0 Å². The fourth-order valence-electron chi connectivity index (χ4n) is 3.15. The Morgan fingerprint density at radius 3 is 2.28 bits per heavy atom. The second-order valence-corrected chi connectivity index (χ2v) is 6.82. The maximum absolute atomic E-state index is 3.45. The van der Waals surface area contributed by atoms with Crippen molar-refractivity contribution in [1.82, 2.24) is 15.1 Å². The van der Waals surface area contributed by atoms with Crippen LogP contribution in [0.3, 0.4) is 0 Å². The number of nitrogens with one attached hydrogen (secondary N) is 1. The van der Waals surface area contributed by atoms with Crippen LogP contribution < -0.4 is 5.32 Å². The van der Waals surface area contributed by atoms with Crippen molar-refractivity contribution in [3.05, 3.63) is 0 Å². The normalized spacial score (nSPS) is 25.5. The third kappa shape index (κ3) is 3.94. The highest BCUT2D eigenvalue weighted by atomic mass is 15.2. The van der Waals surface area contributed by atoms with Gasteiger partial charge in [0.05, 0.1) is 0 Å². The standard InChI is InChI=1S/C15H31N3/c1-14-4-9-17(10-5-14)11-6-15(2,3)18-12-7-16-8-13-18/h14,16H,4-13H2,1-3H3. The van der Waals surface area contributed by atoms with Crippen LogP contribution in [0.1, 0.15) is 40.0 Å². The molecule has 2 aliphatic rings. The molecule has 18 heavy (non-hydrogen) atoms. The molecule has 0 aliphatic carbocycles. The van der Waals surface area contributed by atoms with Gasteiger partial charge < -0.3 is 10.2 Å². The van der Waals surface area contributed by atoms with Gasteiger partial charge in [-0.1, -0.05) is 6.92 Å². The monoisotopic (exact) mass is 253 g/mol. The van der Waals surface area contributed by atoms with Gasteiger partial charge in [-0.3, -0.25) is 4.90 Å². The Hall–Kier alpha value is -0.120. The number of piperazine rings is 1. The van der Waals surface area contributed by atoms with Crippen molar-refractivity contribution in [1.29, 1.82) is 0 Å².